The third-order valence-electron chi connectivity index (χ3n) is 3.22. The van der Waals surface area contributed by atoms with Gasteiger partial charge >= 0.3 is 0 Å². The largest absolute Gasteiger partial charge is 0.453 e. The standard InChI is InChI=1S/C16H17NO/c1-16(2,3)11-8-9-13-15(10-11)18-14-7-5-4-6-12(14)17-13/h4-10,17H,1-3H3. The lowest BCUT2D eigenvalue weighted by Gasteiger charge is -2.25. The fraction of sp³-hybridized carbons (Fsp3) is 0.250. The first-order chi connectivity index (χ1) is 8.54. The van der Waals surface area contributed by atoms with E-state index in [-0.39, 0.29) is 5.41 Å². The van der Waals surface area contributed by atoms with E-state index < -0.39 is 0 Å². The number of ether oxygens (including phenoxy) is 1. The predicted octanol–water partition coefficient (Wildman–Crippen LogP) is 4.83. The van der Waals surface area contributed by atoms with Gasteiger partial charge in [-0.3, -0.25) is 0 Å². The summed E-state index contributed by atoms with van der Waals surface area (Å²) in [6.07, 6.45) is 0. The van der Waals surface area contributed by atoms with Gasteiger partial charge in [0.15, 0.2) is 11.5 Å². The van der Waals surface area contributed by atoms with Crippen molar-refractivity contribution in [2.24, 2.45) is 0 Å². The molecular weight excluding hydrogens is 222 g/mol. The molecule has 0 fully saturated rings. The maximum absolute atomic E-state index is 5.95. The molecule has 2 nitrogen and oxygen atoms in total. The van der Waals surface area contributed by atoms with Gasteiger partial charge in [0, 0.05) is 0 Å². The summed E-state index contributed by atoms with van der Waals surface area (Å²) >= 11 is 0. The van der Waals surface area contributed by atoms with Crippen molar-refractivity contribution in [3.63, 3.8) is 0 Å². The fourth-order valence-electron chi connectivity index (χ4n) is 2.10. The van der Waals surface area contributed by atoms with Crippen LogP contribution in [0.25, 0.3) is 0 Å². The quantitative estimate of drug-likeness (QED) is 0.606. The van der Waals surface area contributed by atoms with E-state index in [9.17, 15) is 0 Å². The third kappa shape index (κ3) is 1.84. The molecule has 0 amide bonds. The highest BCUT2D eigenvalue weighted by atomic mass is 16.5. The molecule has 2 aromatic carbocycles. The molecule has 18 heavy (non-hydrogen) atoms. The lowest BCUT2D eigenvalue weighted by Crippen LogP contribution is -2.12. The zero-order valence-corrected chi connectivity index (χ0v) is 10.9. The Kier molecular flexibility index (Phi) is 2.34. The molecule has 0 atom stereocenters. The summed E-state index contributed by atoms with van der Waals surface area (Å²) in [5.74, 6) is 1.79. The van der Waals surface area contributed by atoms with Crippen LogP contribution in [0.3, 0.4) is 0 Å². The van der Waals surface area contributed by atoms with Crippen LogP contribution in [0.5, 0.6) is 11.5 Å². The summed E-state index contributed by atoms with van der Waals surface area (Å²) in [4.78, 5) is 0. The van der Waals surface area contributed by atoms with Crippen molar-refractivity contribution < 1.29 is 4.74 Å². The minimum atomic E-state index is 0.134. The smallest absolute Gasteiger partial charge is 0.151 e. The summed E-state index contributed by atoms with van der Waals surface area (Å²) in [5.41, 5.74) is 3.47. The van der Waals surface area contributed by atoms with Crippen molar-refractivity contribution in [2.75, 3.05) is 5.32 Å². The van der Waals surface area contributed by atoms with Gasteiger partial charge in [-0.1, -0.05) is 39.0 Å². The number of rotatable bonds is 0. The molecule has 3 rings (SSSR count). The van der Waals surface area contributed by atoms with E-state index in [2.05, 4.69) is 44.3 Å². The molecule has 2 heteroatoms. The normalized spacial score (nSPS) is 13.1. The number of anilines is 2. The van der Waals surface area contributed by atoms with Crippen molar-refractivity contribution in [3.8, 4) is 11.5 Å². The van der Waals surface area contributed by atoms with Crippen LogP contribution in [0.15, 0.2) is 42.5 Å². The predicted molar refractivity (Wildman–Crippen MR) is 74.9 cm³/mol. The Balaban J connectivity index is 2.04. The monoisotopic (exact) mass is 239 g/mol. The highest BCUT2D eigenvalue weighted by Gasteiger charge is 2.20. The highest BCUT2D eigenvalue weighted by Crippen LogP contribution is 2.43. The minimum Gasteiger partial charge on any atom is -0.453 e. The van der Waals surface area contributed by atoms with Crippen LogP contribution in [0, 0.1) is 0 Å². The SMILES string of the molecule is CC(C)(C)c1ccc2c(c1)Oc1ccccc1N2. The van der Waals surface area contributed by atoms with E-state index in [4.69, 9.17) is 4.74 Å². The summed E-state index contributed by atoms with van der Waals surface area (Å²) in [5, 5.41) is 3.39. The molecule has 0 aliphatic carbocycles. The van der Waals surface area contributed by atoms with Crippen LogP contribution < -0.4 is 10.1 Å². The maximum atomic E-state index is 5.95. The minimum absolute atomic E-state index is 0.134. The van der Waals surface area contributed by atoms with Crippen LogP contribution in [0.4, 0.5) is 11.4 Å². The van der Waals surface area contributed by atoms with E-state index in [1.54, 1.807) is 0 Å². The summed E-state index contributed by atoms with van der Waals surface area (Å²) < 4.78 is 5.95. The van der Waals surface area contributed by atoms with Gasteiger partial charge in [0.1, 0.15) is 0 Å². The number of para-hydroxylation sites is 2. The van der Waals surface area contributed by atoms with Gasteiger partial charge in [0.05, 0.1) is 11.4 Å². The lowest BCUT2D eigenvalue weighted by atomic mass is 9.87. The van der Waals surface area contributed by atoms with Gasteiger partial charge in [-0.25, -0.2) is 0 Å². The first kappa shape index (κ1) is 11.1. The Morgan fingerprint density at radius 2 is 1.61 bits per heavy atom. The molecule has 0 saturated heterocycles. The number of hydrogen-bond acceptors (Lipinski definition) is 2. The van der Waals surface area contributed by atoms with Gasteiger partial charge in [0.25, 0.3) is 0 Å². The number of benzene rings is 2. The Morgan fingerprint density at radius 3 is 2.39 bits per heavy atom. The molecule has 1 heterocycles. The van der Waals surface area contributed by atoms with Crippen molar-refractivity contribution in [1.29, 1.82) is 0 Å². The number of hydrogen-bond donors (Lipinski definition) is 1. The summed E-state index contributed by atoms with van der Waals surface area (Å²) in [7, 11) is 0. The topological polar surface area (TPSA) is 21.3 Å². The molecule has 0 aromatic heterocycles. The van der Waals surface area contributed by atoms with Crippen molar-refractivity contribution >= 4 is 11.4 Å². The van der Waals surface area contributed by atoms with Crippen molar-refractivity contribution in [2.45, 2.75) is 26.2 Å². The Labute approximate surface area is 108 Å². The molecule has 92 valence electrons. The molecule has 0 saturated carbocycles. The molecule has 0 radical (unpaired) electrons. The zero-order chi connectivity index (χ0) is 12.8. The van der Waals surface area contributed by atoms with Crippen LogP contribution in [-0.2, 0) is 5.41 Å². The molecule has 0 unspecified atom stereocenters. The molecule has 1 N–H and O–H groups in total. The molecule has 1 aliphatic rings. The van der Waals surface area contributed by atoms with Crippen LogP contribution in [0.2, 0.25) is 0 Å². The second kappa shape index (κ2) is 3.77. The van der Waals surface area contributed by atoms with Crippen LogP contribution in [-0.4, -0.2) is 0 Å². The molecule has 0 bridgehead atoms. The van der Waals surface area contributed by atoms with Gasteiger partial charge in [-0.2, -0.15) is 0 Å². The Hall–Kier alpha value is -1.96. The first-order valence-electron chi connectivity index (χ1n) is 6.22. The molecule has 1 aliphatic heterocycles. The van der Waals surface area contributed by atoms with E-state index in [0.717, 1.165) is 22.9 Å². The third-order valence-corrected chi connectivity index (χ3v) is 3.22. The maximum Gasteiger partial charge on any atom is 0.151 e. The molecule has 0 spiro atoms. The van der Waals surface area contributed by atoms with E-state index in [1.807, 2.05) is 24.3 Å². The summed E-state index contributed by atoms with van der Waals surface area (Å²) in [6.45, 7) is 6.62. The van der Waals surface area contributed by atoms with E-state index in [1.165, 1.54) is 5.56 Å². The van der Waals surface area contributed by atoms with E-state index in [0.29, 0.717) is 0 Å². The Bertz CT molecular complexity index is 596. The van der Waals surface area contributed by atoms with Crippen LogP contribution in [0.1, 0.15) is 26.3 Å². The zero-order valence-electron chi connectivity index (χ0n) is 10.9. The molecule has 2 aromatic rings. The van der Waals surface area contributed by atoms with Gasteiger partial charge < -0.3 is 10.1 Å². The summed E-state index contributed by atoms with van der Waals surface area (Å²) in [6, 6.07) is 14.4. The second-order valence-corrected chi connectivity index (χ2v) is 5.68. The van der Waals surface area contributed by atoms with Crippen molar-refractivity contribution in [3.05, 3.63) is 48.0 Å². The first-order valence-corrected chi connectivity index (χ1v) is 6.22. The van der Waals surface area contributed by atoms with Gasteiger partial charge in [-0.05, 0) is 35.2 Å². The second-order valence-electron chi connectivity index (χ2n) is 5.68. The van der Waals surface area contributed by atoms with Gasteiger partial charge in [-0.15, -0.1) is 0 Å². The number of fused-ring (bicyclic) bond motifs is 2. The number of nitrogens with one attached hydrogen (secondary N) is 1. The van der Waals surface area contributed by atoms with Crippen LogP contribution >= 0.6 is 0 Å². The average molecular weight is 239 g/mol. The lowest BCUT2D eigenvalue weighted by molar-refractivity contribution is 0.477. The van der Waals surface area contributed by atoms with Crippen molar-refractivity contribution in [1.82, 2.24) is 0 Å². The average Bonchev–Trinajstić information content (AvgIpc) is 2.34. The van der Waals surface area contributed by atoms with Gasteiger partial charge in [0.2, 0.25) is 0 Å². The fourth-order valence-corrected chi connectivity index (χ4v) is 2.10. The molecular formula is C16H17NO. The highest BCUT2D eigenvalue weighted by molar-refractivity contribution is 5.75. The Morgan fingerprint density at radius 1 is 0.889 bits per heavy atom. The van der Waals surface area contributed by atoms with E-state index >= 15 is 0 Å².